The lowest BCUT2D eigenvalue weighted by Crippen LogP contribution is -2.24. The molecule has 0 amide bonds. The van der Waals surface area contributed by atoms with Crippen LogP contribution in [0.2, 0.25) is 5.02 Å². The molecule has 0 radical (unpaired) electrons. The van der Waals surface area contributed by atoms with Crippen molar-refractivity contribution in [2.75, 3.05) is 14.2 Å². The van der Waals surface area contributed by atoms with E-state index in [-0.39, 0.29) is 18.2 Å². The van der Waals surface area contributed by atoms with Gasteiger partial charge in [0, 0.05) is 10.6 Å². The highest BCUT2D eigenvalue weighted by atomic mass is 35.5. The van der Waals surface area contributed by atoms with Crippen LogP contribution in [0.5, 0.6) is 11.5 Å². The molecular formula is C18H18ClN3O5S. The van der Waals surface area contributed by atoms with Gasteiger partial charge >= 0.3 is 0 Å². The summed E-state index contributed by atoms with van der Waals surface area (Å²) < 4.78 is 42.5. The summed E-state index contributed by atoms with van der Waals surface area (Å²) in [5.74, 6) is 1.37. The number of aromatic nitrogens is 2. The van der Waals surface area contributed by atoms with Crippen LogP contribution >= 0.6 is 11.6 Å². The number of hydrogen-bond acceptors (Lipinski definition) is 7. The molecule has 0 bridgehead atoms. The molecule has 3 rings (SSSR count). The van der Waals surface area contributed by atoms with Crippen molar-refractivity contribution < 1.29 is 22.4 Å². The number of sulfonamides is 1. The minimum Gasteiger partial charge on any atom is -0.493 e. The third-order valence-corrected chi connectivity index (χ3v) is 5.37. The fourth-order valence-corrected chi connectivity index (χ4v) is 3.64. The van der Waals surface area contributed by atoms with E-state index in [0.29, 0.717) is 33.5 Å². The number of nitrogens with one attached hydrogen (secondary N) is 1. The molecule has 1 N–H and O–H groups in total. The highest BCUT2D eigenvalue weighted by Gasteiger charge is 2.16. The van der Waals surface area contributed by atoms with E-state index in [1.165, 1.54) is 7.11 Å². The van der Waals surface area contributed by atoms with Crippen molar-refractivity contribution in [3.63, 3.8) is 0 Å². The number of ether oxygens (including phenoxy) is 2. The highest BCUT2D eigenvalue weighted by Crippen LogP contribution is 2.31. The molecule has 10 heteroatoms. The molecule has 2 aromatic carbocycles. The van der Waals surface area contributed by atoms with Crippen LogP contribution < -0.4 is 14.2 Å². The zero-order chi connectivity index (χ0) is 20.1. The fourth-order valence-electron chi connectivity index (χ4n) is 2.44. The Morgan fingerprint density at radius 1 is 1.07 bits per heavy atom. The Morgan fingerprint density at radius 2 is 1.79 bits per heavy atom. The van der Waals surface area contributed by atoms with Crippen molar-refractivity contribution in [3.05, 3.63) is 58.9 Å². The normalized spacial score (nSPS) is 11.4. The topological polar surface area (TPSA) is 104 Å². The van der Waals surface area contributed by atoms with Gasteiger partial charge in [0.2, 0.25) is 21.7 Å². The first-order valence-electron chi connectivity index (χ1n) is 8.17. The van der Waals surface area contributed by atoms with Crippen LogP contribution in [-0.2, 0) is 22.3 Å². The number of benzene rings is 2. The number of nitrogens with zero attached hydrogens (tertiary/aromatic N) is 2. The largest absolute Gasteiger partial charge is 0.493 e. The van der Waals surface area contributed by atoms with Crippen molar-refractivity contribution in [1.29, 1.82) is 0 Å². The average Bonchev–Trinajstić information content (AvgIpc) is 3.17. The van der Waals surface area contributed by atoms with Gasteiger partial charge in [-0.05, 0) is 35.9 Å². The van der Waals surface area contributed by atoms with Crippen molar-refractivity contribution in [2.24, 2.45) is 0 Å². The van der Waals surface area contributed by atoms with Crippen LogP contribution in [0.1, 0.15) is 11.5 Å². The zero-order valence-electron chi connectivity index (χ0n) is 15.2. The first kappa shape index (κ1) is 20.1. The maximum absolute atomic E-state index is 12.2. The van der Waals surface area contributed by atoms with Crippen LogP contribution in [0.3, 0.4) is 0 Å². The van der Waals surface area contributed by atoms with Crippen molar-refractivity contribution in [1.82, 2.24) is 14.9 Å². The van der Waals surface area contributed by atoms with Gasteiger partial charge in [-0.25, -0.2) is 13.1 Å². The van der Waals surface area contributed by atoms with Gasteiger partial charge in [0.1, 0.15) is 0 Å². The molecule has 0 aliphatic heterocycles. The van der Waals surface area contributed by atoms with Gasteiger partial charge in [0.05, 0.1) is 26.5 Å². The van der Waals surface area contributed by atoms with E-state index in [0.717, 1.165) is 0 Å². The Kier molecular flexibility index (Phi) is 6.18. The maximum atomic E-state index is 12.2. The zero-order valence-corrected chi connectivity index (χ0v) is 16.7. The molecule has 0 fully saturated rings. The molecule has 1 heterocycles. The summed E-state index contributed by atoms with van der Waals surface area (Å²) in [6, 6.07) is 11.8. The SMILES string of the molecule is COc1ccc(-c2noc(CNS(=O)(=O)Cc3ccc(Cl)cc3)n2)cc1OC. The summed E-state index contributed by atoms with van der Waals surface area (Å²) in [4.78, 5) is 4.21. The lowest BCUT2D eigenvalue weighted by atomic mass is 10.2. The van der Waals surface area contributed by atoms with Gasteiger partial charge in [-0.1, -0.05) is 28.9 Å². The quantitative estimate of drug-likeness (QED) is 0.593. The van der Waals surface area contributed by atoms with E-state index in [9.17, 15) is 8.42 Å². The van der Waals surface area contributed by atoms with Crippen LogP contribution in [0.15, 0.2) is 47.0 Å². The van der Waals surface area contributed by atoms with Crippen molar-refractivity contribution in [2.45, 2.75) is 12.3 Å². The van der Waals surface area contributed by atoms with Crippen molar-refractivity contribution in [3.8, 4) is 22.9 Å². The predicted molar refractivity (Wildman–Crippen MR) is 104 cm³/mol. The molecule has 0 aliphatic rings. The smallest absolute Gasteiger partial charge is 0.242 e. The summed E-state index contributed by atoms with van der Waals surface area (Å²) in [6.45, 7) is -0.115. The molecular weight excluding hydrogens is 406 g/mol. The molecule has 8 nitrogen and oxygen atoms in total. The van der Waals surface area contributed by atoms with E-state index >= 15 is 0 Å². The van der Waals surface area contributed by atoms with Crippen LogP contribution in [0.4, 0.5) is 0 Å². The van der Waals surface area contributed by atoms with E-state index in [1.54, 1.807) is 49.6 Å². The van der Waals surface area contributed by atoms with Crippen LogP contribution in [-0.4, -0.2) is 32.8 Å². The summed E-state index contributed by atoms with van der Waals surface area (Å²) in [5, 5.41) is 4.42. The van der Waals surface area contributed by atoms with Gasteiger partial charge in [-0.3, -0.25) is 0 Å². The Bertz CT molecular complexity index is 1050. The minimum absolute atomic E-state index is 0.115. The van der Waals surface area contributed by atoms with Gasteiger partial charge in [0.25, 0.3) is 0 Å². The second-order valence-corrected chi connectivity index (χ2v) is 8.03. The summed E-state index contributed by atoms with van der Waals surface area (Å²) >= 11 is 5.81. The number of rotatable bonds is 8. The molecule has 148 valence electrons. The number of halogens is 1. The highest BCUT2D eigenvalue weighted by molar-refractivity contribution is 7.88. The average molecular weight is 424 g/mol. The van der Waals surface area contributed by atoms with E-state index in [2.05, 4.69) is 14.9 Å². The number of hydrogen-bond donors (Lipinski definition) is 1. The first-order valence-corrected chi connectivity index (χ1v) is 10.2. The lowest BCUT2D eigenvalue weighted by Gasteiger charge is -2.07. The minimum atomic E-state index is -3.58. The summed E-state index contributed by atoms with van der Waals surface area (Å²) in [7, 11) is -0.510. The summed E-state index contributed by atoms with van der Waals surface area (Å²) in [5.41, 5.74) is 1.27. The second kappa shape index (κ2) is 8.59. The van der Waals surface area contributed by atoms with Crippen molar-refractivity contribution >= 4 is 21.6 Å². The Hall–Kier alpha value is -2.62. The first-order chi connectivity index (χ1) is 13.4. The third kappa shape index (κ3) is 5.00. The molecule has 0 spiro atoms. The molecule has 1 aromatic heterocycles. The standard InChI is InChI=1S/C18H18ClN3O5S/c1-25-15-8-5-13(9-16(15)26-2)18-21-17(27-22-18)10-20-28(23,24)11-12-3-6-14(19)7-4-12/h3-9,20H,10-11H2,1-2H3. The van der Waals surface area contributed by atoms with Gasteiger partial charge in [-0.2, -0.15) is 4.98 Å². The molecule has 0 atom stereocenters. The molecule has 0 aliphatic carbocycles. The van der Waals surface area contributed by atoms with E-state index < -0.39 is 10.0 Å². The van der Waals surface area contributed by atoms with Crippen LogP contribution in [0, 0.1) is 0 Å². The Labute approximate surface area is 167 Å². The van der Waals surface area contributed by atoms with Gasteiger partial charge in [-0.15, -0.1) is 0 Å². The Balaban J connectivity index is 1.66. The second-order valence-electron chi connectivity index (χ2n) is 5.79. The fraction of sp³-hybridized carbons (Fsp3) is 0.222. The van der Waals surface area contributed by atoms with Gasteiger partial charge < -0.3 is 14.0 Å². The molecule has 28 heavy (non-hydrogen) atoms. The number of methoxy groups -OCH3 is 2. The molecule has 0 saturated carbocycles. The predicted octanol–water partition coefficient (Wildman–Crippen LogP) is 3.03. The van der Waals surface area contributed by atoms with Crippen LogP contribution in [0.25, 0.3) is 11.4 Å². The summed E-state index contributed by atoms with van der Waals surface area (Å²) in [6.07, 6.45) is 0. The van der Waals surface area contributed by atoms with E-state index in [4.69, 9.17) is 25.6 Å². The third-order valence-electron chi connectivity index (χ3n) is 3.82. The lowest BCUT2D eigenvalue weighted by molar-refractivity contribution is 0.355. The molecule has 0 unspecified atom stereocenters. The van der Waals surface area contributed by atoms with Gasteiger partial charge in [0.15, 0.2) is 11.5 Å². The maximum Gasteiger partial charge on any atom is 0.242 e. The van der Waals surface area contributed by atoms with E-state index in [1.807, 2.05) is 0 Å². The molecule has 3 aromatic rings. The Morgan fingerprint density at radius 3 is 2.46 bits per heavy atom. The molecule has 0 saturated heterocycles. The monoisotopic (exact) mass is 423 g/mol.